The number of benzene rings is 2. The molecule has 1 N–H and O–H groups in total. The zero-order valence-electron chi connectivity index (χ0n) is 18.6. The van der Waals surface area contributed by atoms with Crippen LogP contribution >= 0.6 is 11.3 Å². The van der Waals surface area contributed by atoms with E-state index in [0.29, 0.717) is 36.7 Å². The van der Waals surface area contributed by atoms with Crippen molar-refractivity contribution >= 4 is 29.2 Å². The molecule has 168 valence electrons. The van der Waals surface area contributed by atoms with Crippen LogP contribution in [0.2, 0.25) is 0 Å². The van der Waals surface area contributed by atoms with Crippen LogP contribution in [0.4, 0.5) is 0 Å². The first kappa shape index (κ1) is 21.4. The highest BCUT2D eigenvalue weighted by molar-refractivity contribution is 7.15. The molecule has 3 heterocycles. The number of rotatable bonds is 5. The fourth-order valence-corrected chi connectivity index (χ4v) is 5.17. The molecule has 0 saturated carbocycles. The maximum atomic E-state index is 13.4. The molecule has 1 fully saturated rings. The lowest BCUT2D eigenvalue weighted by Gasteiger charge is -2.40. The van der Waals surface area contributed by atoms with Crippen LogP contribution in [0.5, 0.6) is 5.75 Å². The van der Waals surface area contributed by atoms with Crippen molar-refractivity contribution in [1.29, 1.82) is 0 Å². The monoisotopic (exact) mass is 459 g/mol. The number of hydrogen-bond donors (Lipinski definition) is 1. The molecule has 2 aliphatic rings. The van der Waals surface area contributed by atoms with Gasteiger partial charge in [-0.05, 0) is 44.0 Å². The summed E-state index contributed by atoms with van der Waals surface area (Å²) in [6, 6.07) is 13.6. The van der Waals surface area contributed by atoms with E-state index < -0.39 is 0 Å². The second kappa shape index (κ2) is 8.83. The highest BCUT2D eigenvalue weighted by Gasteiger charge is 2.35. The maximum absolute atomic E-state index is 13.4. The number of aromatic nitrogens is 1. The standard InChI is InChI=1S/C26H25N3O3S/c1-16-6-3-7-18(14-16)24-23(28-17(2)33-24)26(31)29-12-11-19(29)15-27-25(30)21-8-4-10-22-20(21)9-5-13-32-22/h3-10,14,19H,11-13,15H2,1-2H3,(H,27,30)/t19-/m0/s1. The van der Waals surface area contributed by atoms with Crippen LogP contribution in [0.3, 0.4) is 0 Å². The number of thiazole rings is 1. The van der Waals surface area contributed by atoms with Crippen molar-refractivity contribution in [2.75, 3.05) is 19.7 Å². The molecule has 0 bridgehead atoms. The summed E-state index contributed by atoms with van der Waals surface area (Å²) >= 11 is 1.54. The number of carbonyl (C=O) groups is 2. The minimum atomic E-state index is -0.161. The van der Waals surface area contributed by atoms with E-state index in [-0.39, 0.29) is 17.9 Å². The average Bonchev–Trinajstić information content (AvgIpc) is 3.20. The Morgan fingerprint density at radius 2 is 2.06 bits per heavy atom. The molecule has 6 nitrogen and oxygen atoms in total. The molecule has 1 saturated heterocycles. The van der Waals surface area contributed by atoms with Gasteiger partial charge in [0.05, 0.1) is 21.5 Å². The van der Waals surface area contributed by atoms with Crippen LogP contribution in [0, 0.1) is 13.8 Å². The molecular formula is C26H25N3O3S. The predicted octanol–water partition coefficient (Wildman–Crippen LogP) is 4.48. The van der Waals surface area contributed by atoms with Gasteiger partial charge in [0.1, 0.15) is 18.1 Å². The second-order valence-electron chi connectivity index (χ2n) is 8.36. The van der Waals surface area contributed by atoms with Crippen molar-refractivity contribution in [1.82, 2.24) is 15.2 Å². The van der Waals surface area contributed by atoms with Gasteiger partial charge in [-0.3, -0.25) is 9.59 Å². The van der Waals surface area contributed by atoms with Gasteiger partial charge in [0, 0.05) is 18.7 Å². The molecule has 0 spiro atoms. The molecule has 2 aromatic carbocycles. The van der Waals surface area contributed by atoms with Gasteiger partial charge in [0.25, 0.3) is 11.8 Å². The lowest BCUT2D eigenvalue weighted by atomic mass is 10.0. The van der Waals surface area contributed by atoms with Crippen LogP contribution in [-0.2, 0) is 0 Å². The smallest absolute Gasteiger partial charge is 0.274 e. The summed E-state index contributed by atoms with van der Waals surface area (Å²) in [5.41, 5.74) is 4.03. The fraction of sp³-hybridized carbons (Fsp3) is 0.269. The lowest BCUT2D eigenvalue weighted by molar-refractivity contribution is 0.0451. The van der Waals surface area contributed by atoms with E-state index in [1.54, 1.807) is 6.07 Å². The minimum absolute atomic E-state index is 0.0415. The van der Waals surface area contributed by atoms with Crippen molar-refractivity contribution in [3.63, 3.8) is 0 Å². The number of fused-ring (bicyclic) bond motifs is 1. The predicted molar refractivity (Wildman–Crippen MR) is 130 cm³/mol. The Hall–Kier alpha value is -3.45. The van der Waals surface area contributed by atoms with Gasteiger partial charge in [-0.15, -0.1) is 11.3 Å². The van der Waals surface area contributed by atoms with E-state index >= 15 is 0 Å². The van der Waals surface area contributed by atoms with Gasteiger partial charge in [-0.1, -0.05) is 42.0 Å². The second-order valence-corrected chi connectivity index (χ2v) is 9.57. The van der Waals surface area contributed by atoms with E-state index in [1.807, 2.05) is 61.2 Å². The van der Waals surface area contributed by atoms with Crippen molar-refractivity contribution in [2.45, 2.75) is 26.3 Å². The molecule has 0 aliphatic carbocycles. The number of likely N-dealkylation sites (tertiary alicyclic amines) is 1. The quantitative estimate of drug-likeness (QED) is 0.611. The SMILES string of the molecule is Cc1cccc(-c2sc(C)nc2C(=O)N2CC[C@H]2CNC(=O)c2cccc3c2C=CCO3)c1. The van der Waals surface area contributed by atoms with Gasteiger partial charge in [-0.2, -0.15) is 0 Å². The molecule has 33 heavy (non-hydrogen) atoms. The summed E-state index contributed by atoms with van der Waals surface area (Å²) < 4.78 is 5.60. The number of amides is 2. The molecule has 2 aliphatic heterocycles. The highest BCUT2D eigenvalue weighted by Crippen LogP contribution is 2.33. The first-order chi connectivity index (χ1) is 16.0. The number of ether oxygens (including phenoxy) is 1. The largest absolute Gasteiger partial charge is 0.489 e. The molecule has 3 aromatic rings. The Kier molecular flexibility index (Phi) is 5.72. The maximum Gasteiger partial charge on any atom is 0.274 e. The topological polar surface area (TPSA) is 71.5 Å². The minimum Gasteiger partial charge on any atom is -0.489 e. The van der Waals surface area contributed by atoms with Crippen LogP contribution < -0.4 is 10.1 Å². The van der Waals surface area contributed by atoms with Crippen LogP contribution in [-0.4, -0.2) is 47.4 Å². The fourth-order valence-electron chi connectivity index (χ4n) is 4.26. The van der Waals surface area contributed by atoms with Crippen molar-refractivity contribution in [3.8, 4) is 16.2 Å². The summed E-state index contributed by atoms with van der Waals surface area (Å²) in [5.74, 6) is 0.481. The zero-order valence-corrected chi connectivity index (χ0v) is 19.4. The van der Waals surface area contributed by atoms with Gasteiger partial charge in [0.2, 0.25) is 0 Å². The first-order valence-electron chi connectivity index (χ1n) is 11.1. The third-order valence-electron chi connectivity index (χ3n) is 6.05. The van der Waals surface area contributed by atoms with Gasteiger partial charge in [0.15, 0.2) is 0 Å². The van der Waals surface area contributed by atoms with E-state index in [0.717, 1.165) is 33.0 Å². The molecule has 2 amide bonds. The summed E-state index contributed by atoms with van der Waals surface area (Å²) in [6.45, 7) is 5.55. The van der Waals surface area contributed by atoms with Gasteiger partial charge < -0.3 is 15.0 Å². The highest BCUT2D eigenvalue weighted by atomic mass is 32.1. The lowest BCUT2D eigenvalue weighted by Crippen LogP contribution is -2.56. The van der Waals surface area contributed by atoms with E-state index in [2.05, 4.69) is 16.4 Å². The Bertz CT molecular complexity index is 1260. The average molecular weight is 460 g/mol. The molecule has 1 atom stereocenters. The molecule has 0 unspecified atom stereocenters. The van der Waals surface area contributed by atoms with Crippen LogP contribution in [0.15, 0.2) is 48.5 Å². The number of nitrogens with zero attached hydrogens (tertiary/aromatic N) is 2. The van der Waals surface area contributed by atoms with Crippen molar-refractivity contribution < 1.29 is 14.3 Å². The normalized spacial score (nSPS) is 16.5. The number of hydrogen-bond acceptors (Lipinski definition) is 5. The molecule has 0 radical (unpaired) electrons. The molecule has 1 aromatic heterocycles. The van der Waals surface area contributed by atoms with E-state index in [4.69, 9.17) is 4.74 Å². The number of aryl methyl sites for hydroxylation is 2. The van der Waals surface area contributed by atoms with E-state index in [9.17, 15) is 9.59 Å². The van der Waals surface area contributed by atoms with Crippen LogP contribution in [0.1, 0.15) is 43.4 Å². The summed E-state index contributed by atoms with van der Waals surface area (Å²) in [5, 5.41) is 3.87. The molecule has 7 heteroatoms. The molecule has 5 rings (SSSR count). The summed E-state index contributed by atoms with van der Waals surface area (Å²) in [4.78, 5) is 33.5. The number of carbonyl (C=O) groups excluding carboxylic acids is 2. The van der Waals surface area contributed by atoms with Gasteiger partial charge >= 0.3 is 0 Å². The summed E-state index contributed by atoms with van der Waals surface area (Å²) in [6.07, 6.45) is 4.67. The Morgan fingerprint density at radius 3 is 2.85 bits per heavy atom. The first-order valence-corrected chi connectivity index (χ1v) is 11.9. The number of nitrogens with one attached hydrogen (secondary N) is 1. The van der Waals surface area contributed by atoms with Crippen LogP contribution in [0.25, 0.3) is 16.5 Å². The Morgan fingerprint density at radius 1 is 1.21 bits per heavy atom. The summed E-state index contributed by atoms with van der Waals surface area (Å²) in [7, 11) is 0. The van der Waals surface area contributed by atoms with Crippen molar-refractivity contribution in [3.05, 3.63) is 75.9 Å². The Labute approximate surface area is 196 Å². The Balaban J connectivity index is 1.29. The zero-order chi connectivity index (χ0) is 22.9. The third-order valence-corrected chi connectivity index (χ3v) is 7.07. The van der Waals surface area contributed by atoms with E-state index in [1.165, 1.54) is 11.3 Å². The third kappa shape index (κ3) is 4.16. The van der Waals surface area contributed by atoms with Gasteiger partial charge in [-0.25, -0.2) is 4.98 Å². The molecular weight excluding hydrogens is 434 g/mol. The van der Waals surface area contributed by atoms with Crippen molar-refractivity contribution in [2.24, 2.45) is 0 Å².